The zero-order valence-corrected chi connectivity index (χ0v) is 15.1. The fourth-order valence-electron chi connectivity index (χ4n) is 2.00. The molecule has 3 aromatic rings. The van der Waals surface area contributed by atoms with E-state index in [9.17, 15) is 13.6 Å². The first-order chi connectivity index (χ1) is 12.5. The second-order valence-corrected chi connectivity index (χ2v) is 7.35. The van der Waals surface area contributed by atoms with Crippen LogP contribution in [0, 0.1) is 0 Å². The van der Waals surface area contributed by atoms with Gasteiger partial charge >= 0.3 is 6.61 Å². The van der Waals surface area contributed by atoms with Gasteiger partial charge in [0.15, 0.2) is 5.82 Å². The summed E-state index contributed by atoms with van der Waals surface area (Å²) in [7, 11) is 0. The third-order valence-electron chi connectivity index (χ3n) is 3.22. The van der Waals surface area contributed by atoms with Gasteiger partial charge in [-0.15, -0.1) is 16.4 Å². The van der Waals surface area contributed by atoms with Crippen molar-refractivity contribution in [3.8, 4) is 16.5 Å². The maximum Gasteiger partial charge on any atom is 0.387 e. The molecule has 0 fully saturated rings. The smallest absolute Gasteiger partial charge is 0.387 e. The Morgan fingerprint density at radius 2 is 2.08 bits per heavy atom. The summed E-state index contributed by atoms with van der Waals surface area (Å²) in [4.78, 5) is 17.6. The Labute approximate surface area is 156 Å². The second-order valence-electron chi connectivity index (χ2n) is 5.10. The number of halogens is 2. The Bertz CT molecular complexity index is 854. The minimum absolute atomic E-state index is 0.0299. The van der Waals surface area contributed by atoms with Crippen molar-refractivity contribution in [2.75, 3.05) is 5.32 Å². The molecule has 2 heterocycles. The number of nitrogens with one attached hydrogen (secondary N) is 2. The minimum atomic E-state index is -2.88. The number of benzene rings is 1. The van der Waals surface area contributed by atoms with Gasteiger partial charge in [-0.05, 0) is 42.6 Å². The summed E-state index contributed by atoms with van der Waals surface area (Å²) in [5, 5.41) is 11.6. The largest absolute Gasteiger partial charge is 0.435 e. The van der Waals surface area contributed by atoms with Crippen molar-refractivity contribution >= 4 is 34.7 Å². The van der Waals surface area contributed by atoms with Gasteiger partial charge in [0, 0.05) is 5.69 Å². The van der Waals surface area contributed by atoms with E-state index in [4.69, 9.17) is 0 Å². The zero-order chi connectivity index (χ0) is 18.5. The number of anilines is 1. The molecule has 10 heteroatoms. The number of hydrogen-bond acceptors (Lipinski definition) is 6. The van der Waals surface area contributed by atoms with Gasteiger partial charge in [-0.2, -0.15) is 8.78 Å². The van der Waals surface area contributed by atoms with E-state index >= 15 is 0 Å². The molecule has 0 spiro atoms. The number of ether oxygens (including phenoxy) is 1. The highest BCUT2D eigenvalue weighted by Crippen LogP contribution is 2.26. The maximum atomic E-state index is 12.3. The van der Waals surface area contributed by atoms with Crippen LogP contribution in [0.25, 0.3) is 10.7 Å². The lowest BCUT2D eigenvalue weighted by Gasteiger charge is -2.11. The van der Waals surface area contributed by atoms with Crippen LogP contribution in [-0.4, -0.2) is 32.9 Å². The van der Waals surface area contributed by atoms with Crippen LogP contribution in [0.15, 0.2) is 46.9 Å². The average Bonchev–Trinajstić information content (AvgIpc) is 3.27. The van der Waals surface area contributed by atoms with Crippen LogP contribution in [0.3, 0.4) is 0 Å². The van der Waals surface area contributed by atoms with E-state index in [0.717, 1.165) is 4.88 Å². The van der Waals surface area contributed by atoms with Crippen LogP contribution in [0.2, 0.25) is 0 Å². The number of thiophene rings is 1. The average molecular weight is 396 g/mol. The SMILES string of the molecule is CC(Sc1n[nH]c(-c2cccs2)n1)C(=O)Nc1ccc(OC(F)F)cc1. The maximum absolute atomic E-state index is 12.3. The molecule has 0 aliphatic rings. The van der Waals surface area contributed by atoms with Crippen molar-refractivity contribution < 1.29 is 18.3 Å². The van der Waals surface area contributed by atoms with E-state index in [0.29, 0.717) is 16.7 Å². The molecule has 1 atom stereocenters. The predicted molar refractivity (Wildman–Crippen MR) is 96.7 cm³/mol. The quantitative estimate of drug-likeness (QED) is 0.584. The molecule has 1 amide bonds. The third-order valence-corrected chi connectivity index (χ3v) is 5.06. The van der Waals surface area contributed by atoms with Gasteiger partial charge in [-0.1, -0.05) is 17.8 Å². The van der Waals surface area contributed by atoms with Gasteiger partial charge in [-0.25, -0.2) is 4.98 Å². The highest BCUT2D eigenvalue weighted by molar-refractivity contribution is 8.00. The number of hydrogen-bond donors (Lipinski definition) is 2. The molecule has 3 rings (SSSR count). The fourth-order valence-corrected chi connectivity index (χ4v) is 3.39. The molecule has 1 aromatic carbocycles. The first kappa shape index (κ1) is 18.3. The molecule has 2 aromatic heterocycles. The molecule has 0 aliphatic carbocycles. The Kier molecular flexibility index (Phi) is 5.84. The second kappa shape index (κ2) is 8.28. The van der Waals surface area contributed by atoms with E-state index in [1.165, 1.54) is 36.0 Å². The number of thioether (sulfide) groups is 1. The van der Waals surface area contributed by atoms with Crippen LogP contribution >= 0.6 is 23.1 Å². The number of aromatic amines is 1. The van der Waals surface area contributed by atoms with Gasteiger partial charge in [0.2, 0.25) is 11.1 Å². The van der Waals surface area contributed by atoms with Crippen molar-refractivity contribution in [1.82, 2.24) is 15.2 Å². The summed E-state index contributed by atoms with van der Waals surface area (Å²) in [5.41, 5.74) is 0.485. The van der Waals surface area contributed by atoms with Crippen LogP contribution in [0.4, 0.5) is 14.5 Å². The van der Waals surface area contributed by atoms with Gasteiger partial charge in [-0.3, -0.25) is 9.89 Å². The number of rotatable bonds is 7. The Hall–Kier alpha value is -2.46. The third kappa shape index (κ3) is 4.79. The van der Waals surface area contributed by atoms with Crippen LogP contribution in [-0.2, 0) is 4.79 Å². The minimum Gasteiger partial charge on any atom is -0.435 e. The Morgan fingerprint density at radius 3 is 2.73 bits per heavy atom. The summed E-state index contributed by atoms with van der Waals surface area (Å²) >= 11 is 2.76. The van der Waals surface area contributed by atoms with Gasteiger partial charge in [0.05, 0.1) is 10.1 Å². The molecule has 0 saturated heterocycles. The molecule has 0 aliphatic heterocycles. The Balaban J connectivity index is 1.56. The van der Waals surface area contributed by atoms with Crippen LogP contribution < -0.4 is 10.1 Å². The molecular formula is C16H14F2N4O2S2. The highest BCUT2D eigenvalue weighted by Gasteiger charge is 2.18. The predicted octanol–water partition coefficient (Wildman–Crippen LogP) is 4.25. The number of H-pyrrole nitrogens is 1. The lowest BCUT2D eigenvalue weighted by atomic mass is 10.3. The van der Waals surface area contributed by atoms with Crippen LogP contribution in [0.1, 0.15) is 6.92 Å². The number of carbonyl (C=O) groups is 1. The normalized spacial score (nSPS) is 12.2. The number of carbonyl (C=O) groups excluding carboxylic acids is 1. The lowest BCUT2D eigenvalue weighted by molar-refractivity contribution is -0.115. The first-order valence-corrected chi connectivity index (χ1v) is 9.26. The van der Waals surface area contributed by atoms with Gasteiger partial charge < -0.3 is 10.1 Å². The number of nitrogens with zero attached hydrogens (tertiary/aromatic N) is 2. The molecule has 2 N–H and O–H groups in total. The summed E-state index contributed by atoms with van der Waals surface area (Å²) in [6, 6.07) is 9.56. The fraction of sp³-hybridized carbons (Fsp3) is 0.188. The summed E-state index contributed by atoms with van der Waals surface area (Å²) < 4.78 is 28.5. The molecule has 26 heavy (non-hydrogen) atoms. The van der Waals surface area contributed by atoms with Crippen molar-refractivity contribution in [3.05, 3.63) is 41.8 Å². The van der Waals surface area contributed by atoms with E-state index < -0.39 is 11.9 Å². The summed E-state index contributed by atoms with van der Waals surface area (Å²) in [6.45, 7) is -1.15. The lowest BCUT2D eigenvalue weighted by Crippen LogP contribution is -2.22. The van der Waals surface area contributed by atoms with Crippen molar-refractivity contribution in [1.29, 1.82) is 0 Å². The van der Waals surface area contributed by atoms with E-state index in [1.54, 1.807) is 18.3 Å². The number of amides is 1. The standard InChI is InChI=1S/C16H14F2N4O2S2/c1-9(26-16-20-13(21-22-16)12-3-2-8-25-12)14(23)19-10-4-6-11(7-5-10)24-15(17)18/h2-9,15H,1H3,(H,19,23)(H,20,21,22). The summed E-state index contributed by atoms with van der Waals surface area (Å²) in [6.07, 6.45) is 0. The van der Waals surface area contributed by atoms with Crippen molar-refractivity contribution in [3.63, 3.8) is 0 Å². The first-order valence-electron chi connectivity index (χ1n) is 7.50. The zero-order valence-electron chi connectivity index (χ0n) is 13.5. The van der Waals surface area contributed by atoms with Crippen LogP contribution in [0.5, 0.6) is 5.75 Å². The molecule has 6 nitrogen and oxygen atoms in total. The van der Waals surface area contributed by atoms with Gasteiger partial charge in [0.1, 0.15) is 5.75 Å². The van der Waals surface area contributed by atoms with E-state index in [-0.39, 0.29) is 11.7 Å². The monoisotopic (exact) mass is 396 g/mol. The topological polar surface area (TPSA) is 79.9 Å². The Morgan fingerprint density at radius 1 is 1.31 bits per heavy atom. The molecule has 0 bridgehead atoms. The molecular weight excluding hydrogens is 382 g/mol. The molecule has 0 radical (unpaired) electrons. The highest BCUT2D eigenvalue weighted by atomic mass is 32.2. The number of alkyl halides is 2. The number of aromatic nitrogens is 3. The van der Waals surface area contributed by atoms with E-state index in [2.05, 4.69) is 25.2 Å². The molecule has 136 valence electrons. The molecule has 0 saturated carbocycles. The van der Waals surface area contributed by atoms with Gasteiger partial charge in [0.25, 0.3) is 0 Å². The van der Waals surface area contributed by atoms with Crippen molar-refractivity contribution in [2.24, 2.45) is 0 Å². The van der Waals surface area contributed by atoms with E-state index in [1.807, 2.05) is 17.5 Å². The molecule has 1 unspecified atom stereocenters. The van der Waals surface area contributed by atoms with Crippen molar-refractivity contribution in [2.45, 2.75) is 23.9 Å². The summed E-state index contributed by atoms with van der Waals surface area (Å²) in [5.74, 6) is 0.437.